The van der Waals surface area contributed by atoms with Gasteiger partial charge in [-0.2, -0.15) is 0 Å². The normalized spacial score (nSPS) is 10.7. The van der Waals surface area contributed by atoms with Crippen molar-refractivity contribution in [3.8, 4) is 0 Å². The topological polar surface area (TPSA) is 42.9 Å². The number of carbonyl (C=O) groups is 1. The van der Waals surface area contributed by atoms with E-state index in [9.17, 15) is 4.79 Å². The van der Waals surface area contributed by atoms with E-state index in [1.165, 1.54) is 0 Å². The fourth-order valence-corrected chi connectivity index (χ4v) is 2.58. The van der Waals surface area contributed by atoms with Crippen LogP contribution in [0.5, 0.6) is 0 Å². The molecule has 0 bridgehead atoms. The molecular formula is C14H10N2OS. The summed E-state index contributed by atoms with van der Waals surface area (Å²) in [6, 6.07) is 7.29. The third kappa shape index (κ3) is 1.80. The van der Waals surface area contributed by atoms with Gasteiger partial charge in [-0.15, -0.1) is 11.3 Å². The lowest BCUT2D eigenvalue weighted by molar-refractivity contribution is 0.103. The van der Waals surface area contributed by atoms with Gasteiger partial charge in [0.1, 0.15) is 0 Å². The molecule has 0 atom stereocenters. The molecule has 4 heteroatoms. The molecular weight excluding hydrogens is 244 g/mol. The van der Waals surface area contributed by atoms with Gasteiger partial charge in [-0.25, -0.2) is 0 Å². The summed E-state index contributed by atoms with van der Waals surface area (Å²) in [5.74, 6) is 0.0429. The Morgan fingerprint density at radius 3 is 2.61 bits per heavy atom. The predicted molar refractivity (Wildman–Crippen MR) is 72.0 cm³/mol. The number of carbonyl (C=O) groups excluding carboxylic acids is 1. The Labute approximate surface area is 108 Å². The van der Waals surface area contributed by atoms with Gasteiger partial charge < -0.3 is 0 Å². The van der Waals surface area contributed by atoms with Crippen LogP contribution in [0.25, 0.3) is 11.0 Å². The maximum Gasteiger partial charge on any atom is 0.194 e. The van der Waals surface area contributed by atoms with E-state index in [-0.39, 0.29) is 5.78 Å². The van der Waals surface area contributed by atoms with Gasteiger partial charge in [0, 0.05) is 28.4 Å². The summed E-state index contributed by atoms with van der Waals surface area (Å²) in [7, 11) is 0. The smallest absolute Gasteiger partial charge is 0.194 e. The second kappa shape index (κ2) is 4.31. The summed E-state index contributed by atoms with van der Waals surface area (Å²) in [4.78, 5) is 21.8. The molecule has 0 spiro atoms. The van der Waals surface area contributed by atoms with Gasteiger partial charge in [-0.05, 0) is 36.6 Å². The van der Waals surface area contributed by atoms with Gasteiger partial charge >= 0.3 is 0 Å². The lowest BCUT2D eigenvalue weighted by Gasteiger charge is -2.02. The summed E-state index contributed by atoms with van der Waals surface area (Å²) >= 11 is 1.58. The first kappa shape index (κ1) is 11.0. The minimum Gasteiger partial charge on any atom is -0.289 e. The second-order valence-corrected chi connectivity index (χ2v) is 5.10. The lowest BCUT2D eigenvalue weighted by Crippen LogP contribution is -2.01. The second-order valence-electron chi connectivity index (χ2n) is 3.98. The highest BCUT2D eigenvalue weighted by atomic mass is 32.1. The predicted octanol–water partition coefficient (Wildman–Crippen LogP) is 3.23. The molecule has 3 nitrogen and oxygen atoms in total. The average Bonchev–Trinajstić information content (AvgIpc) is 2.83. The van der Waals surface area contributed by atoms with Crippen LogP contribution in [-0.4, -0.2) is 15.8 Å². The molecule has 0 aliphatic heterocycles. The fourth-order valence-electron chi connectivity index (χ4n) is 1.88. The summed E-state index contributed by atoms with van der Waals surface area (Å²) in [5.41, 5.74) is 2.97. The van der Waals surface area contributed by atoms with Gasteiger partial charge in [0.2, 0.25) is 0 Å². The van der Waals surface area contributed by atoms with Crippen molar-refractivity contribution in [3.05, 3.63) is 58.0 Å². The van der Waals surface area contributed by atoms with E-state index in [1.807, 2.05) is 24.4 Å². The molecule has 88 valence electrons. The van der Waals surface area contributed by atoms with Crippen molar-refractivity contribution in [2.45, 2.75) is 6.92 Å². The number of hydrogen-bond donors (Lipinski definition) is 0. The van der Waals surface area contributed by atoms with Crippen molar-refractivity contribution >= 4 is 28.2 Å². The standard InChI is InChI=1S/C14H10N2OS/c1-9-11(4-7-18-9)14(17)10-2-3-12-13(8-10)16-6-5-15-12/h2-8H,1H3. The Morgan fingerprint density at radius 1 is 1.11 bits per heavy atom. The van der Waals surface area contributed by atoms with E-state index in [0.29, 0.717) is 5.56 Å². The van der Waals surface area contributed by atoms with Crippen molar-refractivity contribution in [1.82, 2.24) is 9.97 Å². The van der Waals surface area contributed by atoms with Crippen LogP contribution in [0.15, 0.2) is 42.0 Å². The van der Waals surface area contributed by atoms with Crippen molar-refractivity contribution < 1.29 is 4.79 Å². The Morgan fingerprint density at radius 2 is 1.89 bits per heavy atom. The molecule has 0 amide bonds. The van der Waals surface area contributed by atoms with Crippen LogP contribution in [0.3, 0.4) is 0 Å². The highest BCUT2D eigenvalue weighted by Crippen LogP contribution is 2.20. The quantitative estimate of drug-likeness (QED) is 0.659. The van der Waals surface area contributed by atoms with E-state index in [1.54, 1.807) is 35.9 Å². The number of benzene rings is 1. The van der Waals surface area contributed by atoms with E-state index in [2.05, 4.69) is 9.97 Å². The Bertz CT molecular complexity index is 733. The maximum atomic E-state index is 12.3. The molecule has 0 N–H and O–H groups in total. The SMILES string of the molecule is Cc1sccc1C(=O)c1ccc2nccnc2c1. The summed E-state index contributed by atoms with van der Waals surface area (Å²) in [6.07, 6.45) is 3.28. The van der Waals surface area contributed by atoms with Crippen LogP contribution < -0.4 is 0 Å². The number of ketones is 1. The van der Waals surface area contributed by atoms with E-state index < -0.39 is 0 Å². The highest BCUT2D eigenvalue weighted by Gasteiger charge is 2.13. The van der Waals surface area contributed by atoms with Gasteiger partial charge in [0.25, 0.3) is 0 Å². The number of aromatic nitrogens is 2. The number of hydrogen-bond acceptors (Lipinski definition) is 4. The van der Waals surface area contributed by atoms with Crippen molar-refractivity contribution in [1.29, 1.82) is 0 Å². The van der Waals surface area contributed by atoms with E-state index in [0.717, 1.165) is 21.5 Å². The van der Waals surface area contributed by atoms with Gasteiger partial charge in [0.05, 0.1) is 11.0 Å². The zero-order valence-electron chi connectivity index (χ0n) is 9.75. The molecule has 0 aliphatic carbocycles. The van der Waals surface area contributed by atoms with Crippen molar-refractivity contribution in [2.75, 3.05) is 0 Å². The third-order valence-corrected chi connectivity index (χ3v) is 3.68. The molecule has 2 heterocycles. The minimum absolute atomic E-state index is 0.0429. The first-order chi connectivity index (χ1) is 8.75. The number of rotatable bonds is 2. The summed E-state index contributed by atoms with van der Waals surface area (Å²) < 4.78 is 0. The Kier molecular flexibility index (Phi) is 2.64. The molecule has 0 unspecified atom stereocenters. The molecule has 3 aromatic rings. The van der Waals surface area contributed by atoms with Gasteiger partial charge in [0.15, 0.2) is 5.78 Å². The highest BCUT2D eigenvalue weighted by molar-refractivity contribution is 7.10. The van der Waals surface area contributed by atoms with Crippen LogP contribution in [0, 0.1) is 6.92 Å². The zero-order valence-corrected chi connectivity index (χ0v) is 10.6. The largest absolute Gasteiger partial charge is 0.289 e. The lowest BCUT2D eigenvalue weighted by atomic mass is 10.0. The number of nitrogens with zero attached hydrogens (tertiary/aromatic N) is 2. The van der Waals surface area contributed by atoms with Gasteiger partial charge in [-0.3, -0.25) is 14.8 Å². The molecule has 3 rings (SSSR count). The van der Waals surface area contributed by atoms with Gasteiger partial charge in [-0.1, -0.05) is 0 Å². The molecule has 0 radical (unpaired) electrons. The molecule has 0 aliphatic rings. The van der Waals surface area contributed by atoms with E-state index in [4.69, 9.17) is 0 Å². The number of thiophene rings is 1. The monoisotopic (exact) mass is 254 g/mol. The molecule has 0 saturated carbocycles. The number of fused-ring (bicyclic) bond motifs is 1. The molecule has 18 heavy (non-hydrogen) atoms. The third-order valence-electron chi connectivity index (χ3n) is 2.83. The maximum absolute atomic E-state index is 12.3. The Balaban J connectivity index is 2.10. The van der Waals surface area contributed by atoms with Crippen LogP contribution in [0.4, 0.5) is 0 Å². The van der Waals surface area contributed by atoms with Crippen molar-refractivity contribution in [2.24, 2.45) is 0 Å². The average molecular weight is 254 g/mol. The Hall–Kier alpha value is -2.07. The minimum atomic E-state index is 0.0429. The molecule has 0 fully saturated rings. The molecule has 2 aromatic heterocycles. The van der Waals surface area contributed by atoms with Crippen LogP contribution in [0.1, 0.15) is 20.8 Å². The van der Waals surface area contributed by atoms with Crippen LogP contribution in [-0.2, 0) is 0 Å². The first-order valence-electron chi connectivity index (χ1n) is 5.55. The van der Waals surface area contributed by atoms with Crippen LogP contribution in [0.2, 0.25) is 0 Å². The summed E-state index contributed by atoms with van der Waals surface area (Å²) in [6.45, 7) is 1.96. The van der Waals surface area contributed by atoms with E-state index >= 15 is 0 Å². The van der Waals surface area contributed by atoms with Crippen molar-refractivity contribution in [3.63, 3.8) is 0 Å². The first-order valence-corrected chi connectivity index (χ1v) is 6.43. The van der Waals surface area contributed by atoms with Crippen LogP contribution >= 0.6 is 11.3 Å². The molecule has 0 saturated heterocycles. The summed E-state index contributed by atoms with van der Waals surface area (Å²) in [5, 5.41) is 1.93. The fraction of sp³-hybridized carbons (Fsp3) is 0.0714. The zero-order chi connectivity index (χ0) is 12.5. The molecule has 1 aromatic carbocycles. The number of aryl methyl sites for hydroxylation is 1.